The Morgan fingerprint density at radius 1 is 0.962 bits per heavy atom. The van der Waals surface area contributed by atoms with Crippen LogP contribution in [0.5, 0.6) is 0 Å². The van der Waals surface area contributed by atoms with Crippen LogP contribution in [0.25, 0.3) is 0 Å². The molecule has 0 aliphatic carbocycles. The SMILES string of the molecule is Cc1cccc(CC(=O)Nc2ccc(Nc3c(C)cccc3C)nc2)c1. The number of anilines is 3. The van der Waals surface area contributed by atoms with Gasteiger partial charge in [-0.3, -0.25) is 4.79 Å². The summed E-state index contributed by atoms with van der Waals surface area (Å²) in [6, 6.07) is 17.9. The fraction of sp³-hybridized carbons (Fsp3) is 0.182. The third-order valence-electron chi connectivity index (χ3n) is 4.23. The first-order valence-electron chi connectivity index (χ1n) is 8.66. The molecule has 0 spiro atoms. The number of benzene rings is 2. The van der Waals surface area contributed by atoms with Crippen LogP contribution in [-0.4, -0.2) is 10.9 Å². The number of hydrogen-bond donors (Lipinski definition) is 2. The van der Waals surface area contributed by atoms with E-state index >= 15 is 0 Å². The Bertz CT molecular complexity index is 897. The summed E-state index contributed by atoms with van der Waals surface area (Å²) < 4.78 is 0. The van der Waals surface area contributed by atoms with Crippen molar-refractivity contribution in [2.45, 2.75) is 27.2 Å². The van der Waals surface area contributed by atoms with Gasteiger partial charge in [0.1, 0.15) is 5.82 Å². The summed E-state index contributed by atoms with van der Waals surface area (Å²) in [6.07, 6.45) is 2.02. The summed E-state index contributed by atoms with van der Waals surface area (Å²) in [5, 5.41) is 6.24. The van der Waals surface area contributed by atoms with Gasteiger partial charge in [-0.15, -0.1) is 0 Å². The van der Waals surface area contributed by atoms with Gasteiger partial charge in [-0.2, -0.15) is 0 Å². The van der Waals surface area contributed by atoms with Gasteiger partial charge in [0.2, 0.25) is 5.91 Å². The number of carbonyl (C=O) groups excluding carboxylic acids is 1. The lowest BCUT2D eigenvalue weighted by Crippen LogP contribution is -2.14. The second kappa shape index (κ2) is 7.83. The van der Waals surface area contributed by atoms with Crippen molar-refractivity contribution in [2.24, 2.45) is 0 Å². The predicted molar refractivity (Wildman–Crippen MR) is 107 cm³/mol. The van der Waals surface area contributed by atoms with Gasteiger partial charge in [0.25, 0.3) is 0 Å². The summed E-state index contributed by atoms with van der Waals surface area (Å²) in [7, 11) is 0. The van der Waals surface area contributed by atoms with Gasteiger partial charge in [0, 0.05) is 5.69 Å². The maximum atomic E-state index is 12.2. The lowest BCUT2D eigenvalue weighted by Gasteiger charge is -2.12. The van der Waals surface area contributed by atoms with E-state index in [1.165, 1.54) is 11.1 Å². The van der Waals surface area contributed by atoms with Crippen LogP contribution in [0, 0.1) is 20.8 Å². The summed E-state index contributed by atoms with van der Waals surface area (Å²) in [5.41, 5.74) is 6.25. The van der Waals surface area contributed by atoms with Crippen LogP contribution in [0.15, 0.2) is 60.8 Å². The molecule has 0 fully saturated rings. The molecule has 4 nitrogen and oxygen atoms in total. The highest BCUT2D eigenvalue weighted by Crippen LogP contribution is 2.23. The van der Waals surface area contributed by atoms with Crippen molar-refractivity contribution in [1.82, 2.24) is 4.98 Å². The molecule has 0 saturated heterocycles. The molecule has 3 rings (SSSR count). The number of amides is 1. The summed E-state index contributed by atoms with van der Waals surface area (Å²) in [4.78, 5) is 16.6. The van der Waals surface area contributed by atoms with E-state index in [1.807, 2.05) is 49.4 Å². The minimum Gasteiger partial charge on any atom is -0.340 e. The van der Waals surface area contributed by atoms with Gasteiger partial charge in [-0.05, 0) is 49.6 Å². The quantitative estimate of drug-likeness (QED) is 0.689. The minimum absolute atomic E-state index is 0.0483. The van der Waals surface area contributed by atoms with Crippen molar-refractivity contribution in [3.8, 4) is 0 Å². The van der Waals surface area contributed by atoms with Crippen LogP contribution in [-0.2, 0) is 11.2 Å². The van der Waals surface area contributed by atoms with E-state index < -0.39 is 0 Å². The zero-order chi connectivity index (χ0) is 18.5. The zero-order valence-corrected chi connectivity index (χ0v) is 15.3. The molecule has 1 aromatic heterocycles. The number of para-hydroxylation sites is 1. The van der Waals surface area contributed by atoms with Crippen molar-refractivity contribution in [1.29, 1.82) is 0 Å². The van der Waals surface area contributed by atoms with Gasteiger partial charge in [0.05, 0.1) is 18.3 Å². The molecule has 2 aromatic carbocycles. The highest BCUT2D eigenvalue weighted by Gasteiger charge is 2.06. The molecular weight excluding hydrogens is 322 g/mol. The number of aryl methyl sites for hydroxylation is 3. The summed E-state index contributed by atoms with van der Waals surface area (Å²) in [6.45, 7) is 6.15. The summed E-state index contributed by atoms with van der Waals surface area (Å²) in [5.74, 6) is 0.701. The van der Waals surface area contributed by atoms with Crippen molar-refractivity contribution >= 4 is 23.1 Å². The Balaban J connectivity index is 1.63. The van der Waals surface area contributed by atoms with Crippen LogP contribution < -0.4 is 10.6 Å². The minimum atomic E-state index is -0.0483. The largest absolute Gasteiger partial charge is 0.340 e. The van der Waals surface area contributed by atoms with E-state index in [-0.39, 0.29) is 5.91 Å². The molecule has 4 heteroatoms. The fourth-order valence-corrected chi connectivity index (χ4v) is 2.89. The number of pyridine rings is 1. The van der Waals surface area contributed by atoms with Crippen LogP contribution in [0.3, 0.4) is 0 Å². The van der Waals surface area contributed by atoms with Crippen LogP contribution in [0.4, 0.5) is 17.2 Å². The van der Waals surface area contributed by atoms with Gasteiger partial charge >= 0.3 is 0 Å². The van der Waals surface area contributed by atoms with E-state index in [0.29, 0.717) is 12.1 Å². The monoisotopic (exact) mass is 345 g/mol. The molecule has 3 aromatic rings. The maximum Gasteiger partial charge on any atom is 0.228 e. The van der Waals surface area contributed by atoms with Gasteiger partial charge in [-0.1, -0.05) is 48.0 Å². The molecule has 0 saturated carbocycles. The molecule has 1 amide bonds. The molecule has 0 atom stereocenters. The van der Waals surface area contributed by atoms with Gasteiger partial charge in [-0.25, -0.2) is 4.98 Å². The smallest absolute Gasteiger partial charge is 0.228 e. The van der Waals surface area contributed by atoms with Crippen LogP contribution in [0.1, 0.15) is 22.3 Å². The molecule has 0 unspecified atom stereocenters. The molecule has 0 radical (unpaired) electrons. The third-order valence-corrected chi connectivity index (χ3v) is 4.23. The highest BCUT2D eigenvalue weighted by atomic mass is 16.1. The molecule has 26 heavy (non-hydrogen) atoms. The number of nitrogens with zero attached hydrogens (tertiary/aromatic N) is 1. The Kier molecular flexibility index (Phi) is 5.32. The molecule has 2 N–H and O–H groups in total. The van der Waals surface area contributed by atoms with Crippen molar-refractivity contribution in [3.05, 3.63) is 83.0 Å². The lowest BCUT2D eigenvalue weighted by atomic mass is 10.1. The van der Waals surface area contributed by atoms with E-state index in [4.69, 9.17) is 0 Å². The number of aromatic nitrogens is 1. The first-order chi connectivity index (χ1) is 12.5. The Hall–Kier alpha value is -3.14. The van der Waals surface area contributed by atoms with Crippen molar-refractivity contribution < 1.29 is 4.79 Å². The molecular formula is C22H23N3O. The summed E-state index contributed by atoms with van der Waals surface area (Å²) >= 11 is 0. The Labute approximate surface area is 154 Å². The van der Waals surface area contributed by atoms with Crippen molar-refractivity contribution in [3.63, 3.8) is 0 Å². The maximum absolute atomic E-state index is 12.2. The predicted octanol–water partition coefficient (Wildman–Crippen LogP) is 4.93. The normalized spacial score (nSPS) is 10.4. The number of hydrogen-bond acceptors (Lipinski definition) is 3. The number of rotatable bonds is 5. The molecule has 132 valence electrons. The van der Waals surface area contributed by atoms with E-state index in [9.17, 15) is 4.79 Å². The third kappa shape index (κ3) is 4.48. The fourth-order valence-electron chi connectivity index (χ4n) is 2.89. The number of carbonyl (C=O) groups is 1. The first kappa shape index (κ1) is 17.7. The topological polar surface area (TPSA) is 54.0 Å². The highest BCUT2D eigenvalue weighted by molar-refractivity contribution is 5.92. The zero-order valence-electron chi connectivity index (χ0n) is 15.3. The molecule has 0 bridgehead atoms. The number of nitrogens with one attached hydrogen (secondary N) is 2. The molecule has 0 aliphatic rings. The standard InChI is InChI=1S/C22H23N3O/c1-15-6-4-9-18(12-15)13-21(26)24-19-10-11-20(23-14-19)25-22-16(2)7-5-8-17(22)3/h4-12,14H,13H2,1-3H3,(H,23,25)(H,24,26). The molecule has 0 aliphatic heterocycles. The van der Waals surface area contributed by atoms with E-state index in [2.05, 4.69) is 41.6 Å². The van der Waals surface area contributed by atoms with Crippen molar-refractivity contribution in [2.75, 3.05) is 10.6 Å². The average molecular weight is 345 g/mol. The van der Waals surface area contributed by atoms with E-state index in [0.717, 1.165) is 22.6 Å². The second-order valence-corrected chi connectivity index (χ2v) is 6.54. The van der Waals surface area contributed by atoms with Gasteiger partial charge < -0.3 is 10.6 Å². The second-order valence-electron chi connectivity index (χ2n) is 6.54. The van der Waals surface area contributed by atoms with Gasteiger partial charge in [0.15, 0.2) is 0 Å². The Morgan fingerprint density at radius 2 is 1.69 bits per heavy atom. The molecule has 1 heterocycles. The average Bonchev–Trinajstić information content (AvgIpc) is 2.60. The van der Waals surface area contributed by atoms with E-state index in [1.54, 1.807) is 6.20 Å². The Morgan fingerprint density at radius 3 is 2.35 bits per heavy atom. The lowest BCUT2D eigenvalue weighted by molar-refractivity contribution is -0.115. The first-order valence-corrected chi connectivity index (χ1v) is 8.66. The van der Waals surface area contributed by atoms with Crippen LogP contribution >= 0.6 is 0 Å². The van der Waals surface area contributed by atoms with Crippen LogP contribution in [0.2, 0.25) is 0 Å².